The van der Waals surface area contributed by atoms with Crippen LogP contribution in [0.5, 0.6) is 5.75 Å². The number of H-pyrrole nitrogens is 1. The van der Waals surface area contributed by atoms with E-state index < -0.39 is 0 Å². The van der Waals surface area contributed by atoms with E-state index >= 15 is 0 Å². The van der Waals surface area contributed by atoms with Crippen LogP contribution in [-0.4, -0.2) is 56.4 Å². The first-order valence-corrected chi connectivity index (χ1v) is 9.04. The molecule has 2 aliphatic rings. The number of methoxy groups -OCH3 is 1. The number of nitrogens with zero attached hydrogens (tertiary/aromatic N) is 1. The fourth-order valence-electron chi connectivity index (χ4n) is 4.23. The summed E-state index contributed by atoms with van der Waals surface area (Å²) in [5, 5.41) is 4.77. The molecule has 0 bridgehead atoms. The van der Waals surface area contributed by atoms with E-state index in [0.717, 1.165) is 58.0 Å². The third kappa shape index (κ3) is 4.29. The van der Waals surface area contributed by atoms with Gasteiger partial charge in [0.15, 0.2) is 0 Å². The predicted octanol–water partition coefficient (Wildman–Crippen LogP) is 3.39. The Kier molecular flexibility index (Phi) is 8.05. The highest BCUT2D eigenvalue weighted by molar-refractivity contribution is 5.86. The van der Waals surface area contributed by atoms with Gasteiger partial charge in [-0.3, -0.25) is 4.90 Å². The van der Waals surface area contributed by atoms with Gasteiger partial charge < -0.3 is 19.8 Å². The zero-order valence-corrected chi connectivity index (χ0v) is 16.8. The van der Waals surface area contributed by atoms with E-state index in [1.165, 1.54) is 16.5 Å². The summed E-state index contributed by atoms with van der Waals surface area (Å²) in [4.78, 5) is 6.13. The van der Waals surface area contributed by atoms with Crippen molar-refractivity contribution in [2.45, 2.75) is 18.9 Å². The van der Waals surface area contributed by atoms with Gasteiger partial charge in [0.2, 0.25) is 0 Å². The van der Waals surface area contributed by atoms with Crippen molar-refractivity contribution in [3.8, 4) is 5.75 Å². The van der Waals surface area contributed by atoms with E-state index in [-0.39, 0.29) is 24.8 Å². The minimum absolute atomic E-state index is 0. The van der Waals surface area contributed by atoms with Crippen LogP contribution in [0, 0.1) is 5.92 Å². The number of rotatable bonds is 4. The lowest BCUT2D eigenvalue weighted by molar-refractivity contribution is 0.0217. The molecule has 146 valence electrons. The molecule has 1 aromatic carbocycles. The van der Waals surface area contributed by atoms with E-state index in [9.17, 15) is 0 Å². The Morgan fingerprint density at radius 2 is 1.88 bits per heavy atom. The maximum Gasteiger partial charge on any atom is 0.119 e. The number of aromatic amines is 1. The molecule has 2 fully saturated rings. The lowest BCUT2D eigenvalue weighted by Gasteiger charge is -2.40. The van der Waals surface area contributed by atoms with Gasteiger partial charge in [-0.2, -0.15) is 0 Å². The second kappa shape index (κ2) is 9.81. The summed E-state index contributed by atoms with van der Waals surface area (Å²) in [5.74, 6) is 1.58. The van der Waals surface area contributed by atoms with E-state index in [1.807, 2.05) is 6.07 Å². The van der Waals surface area contributed by atoms with Crippen molar-refractivity contribution in [1.82, 2.24) is 15.2 Å². The molecule has 4 rings (SSSR count). The Morgan fingerprint density at radius 3 is 2.58 bits per heavy atom. The number of benzene rings is 1. The van der Waals surface area contributed by atoms with Crippen LogP contribution in [0.15, 0.2) is 24.4 Å². The number of piperazine rings is 1. The molecular weight excluding hydrogens is 373 g/mol. The van der Waals surface area contributed by atoms with Crippen molar-refractivity contribution >= 4 is 35.7 Å². The summed E-state index contributed by atoms with van der Waals surface area (Å²) < 4.78 is 11.1. The molecule has 0 saturated carbocycles. The van der Waals surface area contributed by atoms with Gasteiger partial charge in [-0.25, -0.2) is 0 Å². The number of hydrogen-bond donors (Lipinski definition) is 2. The maximum atomic E-state index is 5.62. The van der Waals surface area contributed by atoms with Gasteiger partial charge in [0.05, 0.1) is 7.11 Å². The number of ether oxygens (including phenoxy) is 2. The van der Waals surface area contributed by atoms with Crippen molar-refractivity contribution in [2.75, 3.05) is 46.5 Å². The van der Waals surface area contributed by atoms with Crippen LogP contribution >= 0.6 is 24.8 Å². The molecule has 2 aromatic rings. The van der Waals surface area contributed by atoms with Crippen LogP contribution in [0.2, 0.25) is 0 Å². The molecule has 1 atom stereocenters. The number of hydrogen-bond acceptors (Lipinski definition) is 4. The minimum atomic E-state index is 0. The Labute approximate surface area is 167 Å². The molecule has 7 heteroatoms. The van der Waals surface area contributed by atoms with Crippen LogP contribution in [0.4, 0.5) is 0 Å². The molecular formula is C19H29Cl2N3O2. The summed E-state index contributed by atoms with van der Waals surface area (Å²) >= 11 is 0. The molecule has 5 nitrogen and oxygen atoms in total. The Hall–Kier alpha value is -0.980. The third-order valence-electron chi connectivity index (χ3n) is 5.50. The first kappa shape index (κ1) is 21.3. The first-order chi connectivity index (χ1) is 11.9. The number of aromatic nitrogens is 1. The standard InChI is InChI=1S/C19H27N3O2.2ClH/c1-23-15-2-3-18-16(12-15)17(13-21-18)19(14-4-10-24-11-5-14)22-8-6-20-7-9-22;;/h2-3,12-14,19-21H,4-11H2,1H3;2*1H/t19-;;/m0../s1. The molecule has 26 heavy (non-hydrogen) atoms. The number of halogens is 2. The summed E-state index contributed by atoms with van der Waals surface area (Å²) in [5.41, 5.74) is 2.61. The monoisotopic (exact) mass is 401 g/mol. The van der Waals surface area contributed by atoms with Gasteiger partial charge in [0, 0.05) is 62.5 Å². The normalized spacial score (nSPS) is 20.2. The molecule has 2 aliphatic heterocycles. The van der Waals surface area contributed by atoms with Gasteiger partial charge in [-0.15, -0.1) is 24.8 Å². The molecule has 3 heterocycles. The Balaban J connectivity index is 0.00000121. The molecule has 0 spiro atoms. The lowest BCUT2D eigenvalue weighted by atomic mass is 9.85. The van der Waals surface area contributed by atoms with Crippen LogP contribution in [0.1, 0.15) is 24.4 Å². The van der Waals surface area contributed by atoms with Gasteiger partial charge in [-0.05, 0) is 42.5 Å². The zero-order valence-electron chi connectivity index (χ0n) is 15.2. The molecule has 2 saturated heterocycles. The first-order valence-electron chi connectivity index (χ1n) is 9.04. The van der Waals surface area contributed by atoms with E-state index in [1.54, 1.807) is 7.11 Å². The van der Waals surface area contributed by atoms with E-state index in [2.05, 4.69) is 33.5 Å². The number of nitrogens with one attached hydrogen (secondary N) is 2. The zero-order chi connectivity index (χ0) is 16.4. The van der Waals surface area contributed by atoms with Crippen LogP contribution in [0.3, 0.4) is 0 Å². The summed E-state index contributed by atoms with van der Waals surface area (Å²) in [6.45, 7) is 6.14. The highest BCUT2D eigenvalue weighted by Gasteiger charge is 2.32. The summed E-state index contributed by atoms with van der Waals surface area (Å²) in [7, 11) is 1.74. The van der Waals surface area contributed by atoms with Crippen molar-refractivity contribution in [3.63, 3.8) is 0 Å². The van der Waals surface area contributed by atoms with Crippen LogP contribution in [0.25, 0.3) is 10.9 Å². The lowest BCUT2D eigenvalue weighted by Crippen LogP contribution is -2.47. The van der Waals surface area contributed by atoms with Gasteiger partial charge in [0.1, 0.15) is 5.75 Å². The van der Waals surface area contributed by atoms with Gasteiger partial charge in [0.25, 0.3) is 0 Å². The Bertz CT molecular complexity index is 664. The predicted molar refractivity (Wildman–Crippen MR) is 110 cm³/mol. The van der Waals surface area contributed by atoms with Crippen molar-refractivity contribution < 1.29 is 9.47 Å². The van der Waals surface area contributed by atoms with Crippen molar-refractivity contribution in [3.05, 3.63) is 30.0 Å². The molecule has 0 amide bonds. The van der Waals surface area contributed by atoms with E-state index in [0.29, 0.717) is 12.0 Å². The van der Waals surface area contributed by atoms with Crippen molar-refractivity contribution in [2.24, 2.45) is 5.92 Å². The molecule has 2 N–H and O–H groups in total. The minimum Gasteiger partial charge on any atom is -0.497 e. The average Bonchev–Trinajstić information content (AvgIpc) is 3.07. The summed E-state index contributed by atoms with van der Waals surface area (Å²) in [6, 6.07) is 6.78. The summed E-state index contributed by atoms with van der Waals surface area (Å²) in [6.07, 6.45) is 4.50. The smallest absolute Gasteiger partial charge is 0.119 e. The molecule has 0 aliphatic carbocycles. The Morgan fingerprint density at radius 1 is 1.15 bits per heavy atom. The van der Waals surface area contributed by atoms with E-state index in [4.69, 9.17) is 9.47 Å². The fourth-order valence-corrected chi connectivity index (χ4v) is 4.23. The van der Waals surface area contributed by atoms with Crippen LogP contribution in [-0.2, 0) is 4.74 Å². The quantitative estimate of drug-likeness (QED) is 0.823. The third-order valence-corrected chi connectivity index (χ3v) is 5.50. The second-order valence-electron chi connectivity index (χ2n) is 6.84. The second-order valence-corrected chi connectivity index (χ2v) is 6.84. The van der Waals surface area contributed by atoms with Crippen LogP contribution < -0.4 is 10.1 Å². The van der Waals surface area contributed by atoms with Crippen molar-refractivity contribution in [1.29, 1.82) is 0 Å². The highest BCUT2D eigenvalue weighted by Crippen LogP contribution is 2.39. The topological polar surface area (TPSA) is 49.5 Å². The average molecular weight is 402 g/mol. The highest BCUT2D eigenvalue weighted by atomic mass is 35.5. The molecule has 0 unspecified atom stereocenters. The number of fused-ring (bicyclic) bond motifs is 1. The fraction of sp³-hybridized carbons (Fsp3) is 0.579. The molecule has 1 aromatic heterocycles. The molecule has 0 radical (unpaired) electrons. The van der Waals surface area contributed by atoms with Gasteiger partial charge in [-0.1, -0.05) is 0 Å². The largest absolute Gasteiger partial charge is 0.497 e. The maximum absolute atomic E-state index is 5.62. The SMILES string of the molecule is COc1ccc2[nH]cc([C@H](C3CCOCC3)N3CCNCC3)c2c1.Cl.Cl. The van der Waals surface area contributed by atoms with Gasteiger partial charge >= 0.3 is 0 Å².